The molecule has 0 saturated heterocycles. The number of aromatic hydroxyl groups is 2. The average molecular weight is 336 g/mol. The molecule has 0 aliphatic heterocycles. The minimum atomic E-state index is -5.00. The molecule has 0 radical (unpaired) electrons. The lowest BCUT2D eigenvalue weighted by Gasteiger charge is -2.20. The number of phenols is 2. The summed E-state index contributed by atoms with van der Waals surface area (Å²) in [5, 5.41) is 20.0. The van der Waals surface area contributed by atoms with Crippen LogP contribution in [0, 0.1) is 0 Å². The normalized spacial score (nSPS) is 13.4. The summed E-state index contributed by atoms with van der Waals surface area (Å²) in [7, 11) is -5.00. The third-order valence-corrected chi connectivity index (χ3v) is 3.70. The molecule has 2 aromatic carbocycles. The van der Waals surface area contributed by atoms with Gasteiger partial charge < -0.3 is 14.4 Å². The van der Waals surface area contributed by atoms with Gasteiger partial charge in [0, 0.05) is 17.2 Å². The van der Waals surface area contributed by atoms with Crippen LogP contribution in [-0.2, 0) is 10.4 Å². The molecule has 0 atom stereocenters. The fourth-order valence-electron chi connectivity index (χ4n) is 2.41. The molecular weight excluding hydrogens is 328 g/mol. The first-order valence-corrected chi connectivity index (χ1v) is 7.51. The molecule has 0 aromatic heterocycles. The van der Waals surface area contributed by atoms with Gasteiger partial charge in [-0.2, -0.15) is 8.42 Å². The highest BCUT2D eigenvalue weighted by Gasteiger charge is 2.36. The molecule has 118 valence electrons. The van der Waals surface area contributed by atoms with E-state index in [4.69, 9.17) is 4.55 Å². The largest absolute Gasteiger partial charge is 0.507 e. The lowest BCUT2D eigenvalue weighted by Crippen LogP contribution is -2.21. The van der Waals surface area contributed by atoms with Crippen LogP contribution in [0.1, 0.15) is 31.8 Å². The van der Waals surface area contributed by atoms with Crippen molar-refractivity contribution in [2.75, 3.05) is 0 Å². The van der Waals surface area contributed by atoms with Gasteiger partial charge in [0.1, 0.15) is 5.75 Å². The fraction of sp³-hybridized carbons (Fsp3) is 0. The van der Waals surface area contributed by atoms with Crippen LogP contribution >= 0.6 is 0 Å². The highest BCUT2D eigenvalue weighted by atomic mass is 32.3. The number of ketones is 2. The lowest BCUT2D eigenvalue weighted by molar-refractivity contribution is 0.0974. The zero-order valence-corrected chi connectivity index (χ0v) is 12.0. The summed E-state index contributed by atoms with van der Waals surface area (Å²) in [6.45, 7) is 0. The van der Waals surface area contributed by atoms with Crippen LogP contribution in [0.4, 0.5) is 0 Å². The molecule has 3 rings (SSSR count). The van der Waals surface area contributed by atoms with E-state index >= 15 is 0 Å². The van der Waals surface area contributed by atoms with Crippen LogP contribution in [0.15, 0.2) is 30.3 Å². The summed E-state index contributed by atoms with van der Waals surface area (Å²) < 4.78 is 34.3. The highest BCUT2D eigenvalue weighted by molar-refractivity contribution is 7.81. The predicted molar refractivity (Wildman–Crippen MR) is 75.3 cm³/mol. The zero-order chi connectivity index (χ0) is 16.9. The molecule has 3 N–H and O–H groups in total. The van der Waals surface area contributed by atoms with Gasteiger partial charge in [-0.25, -0.2) is 0 Å². The Morgan fingerprint density at radius 2 is 1.43 bits per heavy atom. The second-order valence-electron chi connectivity index (χ2n) is 4.71. The third kappa shape index (κ3) is 2.31. The summed E-state index contributed by atoms with van der Waals surface area (Å²) in [6.07, 6.45) is 0. The van der Waals surface area contributed by atoms with E-state index in [2.05, 4.69) is 4.18 Å². The van der Waals surface area contributed by atoms with E-state index in [1.54, 1.807) is 0 Å². The van der Waals surface area contributed by atoms with E-state index in [1.807, 2.05) is 0 Å². The van der Waals surface area contributed by atoms with Gasteiger partial charge in [0.05, 0.1) is 11.1 Å². The number of carbonyl (C=O) groups is 2. The van der Waals surface area contributed by atoms with Crippen molar-refractivity contribution in [2.45, 2.75) is 0 Å². The highest BCUT2D eigenvalue weighted by Crippen LogP contribution is 2.43. The molecule has 0 heterocycles. The van der Waals surface area contributed by atoms with Crippen molar-refractivity contribution in [2.24, 2.45) is 0 Å². The molecule has 0 saturated carbocycles. The molecule has 9 heteroatoms. The topological polar surface area (TPSA) is 138 Å². The summed E-state index contributed by atoms with van der Waals surface area (Å²) in [6, 6.07) is 6.40. The Bertz CT molecular complexity index is 975. The van der Waals surface area contributed by atoms with Gasteiger partial charge in [0.15, 0.2) is 23.1 Å². The van der Waals surface area contributed by atoms with Gasteiger partial charge in [0.25, 0.3) is 0 Å². The van der Waals surface area contributed by atoms with Crippen molar-refractivity contribution < 1.29 is 37.0 Å². The molecule has 0 spiro atoms. The van der Waals surface area contributed by atoms with E-state index < -0.39 is 50.3 Å². The molecule has 0 amide bonds. The average Bonchev–Trinajstić information content (AvgIpc) is 2.46. The van der Waals surface area contributed by atoms with Gasteiger partial charge in [-0.1, -0.05) is 24.3 Å². The minimum absolute atomic E-state index is 0.0105. The maximum absolute atomic E-state index is 12.5. The third-order valence-electron chi connectivity index (χ3n) is 3.31. The molecule has 8 nitrogen and oxygen atoms in total. The monoisotopic (exact) mass is 336 g/mol. The fourth-order valence-corrected chi connectivity index (χ4v) is 2.76. The number of hydrogen-bond acceptors (Lipinski definition) is 7. The first kappa shape index (κ1) is 15.0. The lowest BCUT2D eigenvalue weighted by atomic mass is 9.83. The van der Waals surface area contributed by atoms with Crippen molar-refractivity contribution in [3.8, 4) is 17.2 Å². The number of fused-ring (bicyclic) bond motifs is 2. The van der Waals surface area contributed by atoms with Gasteiger partial charge >= 0.3 is 10.4 Å². The molecule has 2 aromatic rings. The van der Waals surface area contributed by atoms with E-state index in [1.165, 1.54) is 24.3 Å². The van der Waals surface area contributed by atoms with E-state index in [9.17, 15) is 28.2 Å². The zero-order valence-electron chi connectivity index (χ0n) is 11.2. The molecule has 0 bridgehead atoms. The molecule has 1 aliphatic rings. The Kier molecular flexibility index (Phi) is 3.13. The molecule has 0 fully saturated rings. The maximum Gasteiger partial charge on any atom is 0.446 e. The number of phenolic OH excluding ortho intramolecular Hbond substituents is 2. The van der Waals surface area contributed by atoms with Crippen molar-refractivity contribution in [1.29, 1.82) is 0 Å². The molecular formula is C14H8O8S. The van der Waals surface area contributed by atoms with E-state index in [-0.39, 0.29) is 11.1 Å². The maximum atomic E-state index is 12.5. The van der Waals surface area contributed by atoms with Crippen molar-refractivity contribution in [3.63, 3.8) is 0 Å². The molecule has 1 aliphatic carbocycles. The van der Waals surface area contributed by atoms with Crippen LogP contribution in [0.5, 0.6) is 17.2 Å². The summed E-state index contributed by atoms with van der Waals surface area (Å²) in [5.74, 6) is -4.10. The Hall–Kier alpha value is -2.91. The second kappa shape index (κ2) is 4.80. The van der Waals surface area contributed by atoms with Gasteiger partial charge in [-0.3, -0.25) is 14.1 Å². The minimum Gasteiger partial charge on any atom is -0.507 e. The number of benzene rings is 2. The van der Waals surface area contributed by atoms with E-state index in [0.29, 0.717) is 6.07 Å². The quantitative estimate of drug-likeness (QED) is 0.466. The Balaban J connectivity index is 2.31. The number of rotatable bonds is 2. The van der Waals surface area contributed by atoms with Gasteiger partial charge in [-0.05, 0) is 0 Å². The van der Waals surface area contributed by atoms with Crippen LogP contribution in [-0.4, -0.2) is 34.8 Å². The van der Waals surface area contributed by atoms with Gasteiger partial charge in [0.2, 0.25) is 0 Å². The SMILES string of the molecule is O=C1c2ccccc2C(=O)c2c(O)c(OS(=O)(=O)O)cc(O)c21. The van der Waals surface area contributed by atoms with Crippen LogP contribution in [0.2, 0.25) is 0 Å². The predicted octanol–water partition coefficient (Wildman–Crippen LogP) is 1.05. The van der Waals surface area contributed by atoms with Crippen molar-refractivity contribution in [3.05, 3.63) is 52.6 Å². The molecule has 23 heavy (non-hydrogen) atoms. The summed E-state index contributed by atoms with van der Waals surface area (Å²) >= 11 is 0. The first-order valence-electron chi connectivity index (χ1n) is 6.15. The van der Waals surface area contributed by atoms with Crippen LogP contribution in [0.25, 0.3) is 0 Å². The van der Waals surface area contributed by atoms with Crippen molar-refractivity contribution >= 4 is 22.0 Å². The Labute approximate surface area is 129 Å². The smallest absolute Gasteiger partial charge is 0.446 e. The summed E-state index contributed by atoms with van der Waals surface area (Å²) in [4.78, 5) is 24.8. The second-order valence-corrected chi connectivity index (χ2v) is 5.73. The standard InChI is InChI=1S/C14H8O8S/c15-8-5-9(22-23(19,20)21)14(18)11-10(8)12(16)6-3-1-2-4-7(6)13(11)17/h1-5,15,18H,(H,19,20,21). The Morgan fingerprint density at radius 1 is 0.913 bits per heavy atom. The van der Waals surface area contributed by atoms with E-state index in [0.717, 1.165) is 0 Å². The molecule has 0 unspecified atom stereocenters. The first-order chi connectivity index (χ1) is 10.7. The number of hydrogen-bond donors (Lipinski definition) is 3. The number of carbonyl (C=O) groups excluding carboxylic acids is 2. The summed E-state index contributed by atoms with van der Waals surface area (Å²) in [5.41, 5.74) is -1.02. The van der Waals surface area contributed by atoms with Crippen LogP contribution in [0.3, 0.4) is 0 Å². The van der Waals surface area contributed by atoms with Crippen molar-refractivity contribution in [1.82, 2.24) is 0 Å². The van der Waals surface area contributed by atoms with Crippen LogP contribution < -0.4 is 4.18 Å². The Morgan fingerprint density at radius 3 is 1.96 bits per heavy atom. The van der Waals surface area contributed by atoms with Gasteiger partial charge in [-0.15, -0.1) is 0 Å².